The average Bonchev–Trinajstić information content (AvgIpc) is 2.59. The van der Waals surface area contributed by atoms with Gasteiger partial charge in [-0.1, -0.05) is 42.5 Å². The molecule has 1 atom stereocenters. The normalized spacial score (nSPS) is 11.6. The van der Waals surface area contributed by atoms with Crippen molar-refractivity contribution in [3.8, 4) is 0 Å². The Morgan fingerprint density at radius 2 is 1.91 bits per heavy atom. The van der Waals surface area contributed by atoms with Crippen molar-refractivity contribution in [3.63, 3.8) is 0 Å². The van der Waals surface area contributed by atoms with E-state index in [0.29, 0.717) is 11.3 Å². The lowest BCUT2D eigenvalue weighted by Crippen LogP contribution is -2.09. The van der Waals surface area contributed by atoms with Crippen LogP contribution in [-0.4, -0.2) is 10.8 Å². The van der Waals surface area contributed by atoms with Gasteiger partial charge in [-0.2, -0.15) is 0 Å². The molecule has 1 heterocycles. The highest BCUT2D eigenvalue weighted by Crippen LogP contribution is 2.27. The van der Waals surface area contributed by atoms with Crippen molar-refractivity contribution < 1.29 is 4.79 Å². The highest BCUT2D eigenvalue weighted by molar-refractivity contribution is 6.08. The van der Waals surface area contributed by atoms with Gasteiger partial charge in [0.05, 0.1) is 0 Å². The Hall–Kier alpha value is -2.48. The maximum atomic E-state index is 12.7. The number of unbranched alkanes of at least 4 members (excludes halogenated alkanes) is 1. The highest BCUT2D eigenvalue weighted by Gasteiger charge is 2.18. The number of benzene rings is 1. The number of carbonyl (C=O) groups is 1. The zero-order valence-corrected chi connectivity index (χ0v) is 12.7. The fourth-order valence-electron chi connectivity index (χ4n) is 2.54. The van der Waals surface area contributed by atoms with Gasteiger partial charge in [0, 0.05) is 17.7 Å². The number of ketones is 1. The van der Waals surface area contributed by atoms with Crippen LogP contribution in [0.25, 0.3) is 0 Å². The van der Waals surface area contributed by atoms with Gasteiger partial charge in [0.1, 0.15) is 5.69 Å². The van der Waals surface area contributed by atoms with E-state index < -0.39 is 0 Å². The van der Waals surface area contributed by atoms with E-state index in [4.69, 9.17) is 0 Å². The maximum Gasteiger partial charge on any atom is 0.211 e. The summed E-state index contributed by atoms with van der Waals surface area (Å²) in [5.41, 5.74) is 2.21. The van der Waals surface area contributed by atoms with Crippen molar-refractivity contribution in [2.24, 2.45) is 0 Å². The van der Waals surface area contributed by atoms with Crippen molar-refractivity contribution in [2.75, 3.05) is 0 Å². The van der Waals surface area contributed by atoms with Gasteiger partial charge in [-0.05, 0) is 37.0 Å². The van der Waals surface area contributed by atoms with Gasteiger partial charge in [-0.3, -0.25) is 9.78 Å². The molecule has 2 nitrogen and oxygen atoms in total. The van der Waals surface area contributed by atoms with Crippen LogP contribution in [0.2, 0.25) is 0 Å². The molecule has 0 aliphatic carbocycles. The number of hydrogen-bond donors (Lipinski definition) is 0. The first-order valence-corrected chi connectivity index (χ1v) is 7.56. The van der Waals surface area contributed by atoms with Crippen LogP contribution < -0.4 is 0 Å². The maximum absolute atomic E-state index is 12.7. The summed E-state index contributed by atoms with van der Waals surface area (Å²) in [7, 11) is 0. The first kappa shape index (κ1) is 15.9. The molecule has 0 fully saturated rings. The predicted molar refractivity (Wildman–Crippen MR) is 91.1 cm³/mol. The second-order valence-electron chi connectivity index (χ2n) is 5.19. The number of aromatic nitrogens is 1. The molecule has 0 amide bonds. The van der Waals surface area contributed by atoms with E-state index in [9.17, 15) is 4.79 Å². The molecule has 0 N–H and O–H groups in total. The number of allylic oxidation sites excluding steroid dienone is 2. The van der Waals surface area contributed by atoms with Gasteiger partial charge in [0.15, 0.2) is 0 Å². The lowest BCUT2D eigenvalue weighted by molar-refractivity contribution is 0.103. The molecular weight excluding hydrogens is 270 g/mol. The van der Waals surface area contributed by atoms with Crippen molar-refractivity contribution >= 4 is 5.78 Å². The van der Waals surface area contributed by atoms with Crippen molar-refractivity contribution in [1.82, 2.24) is 4.98 Å². The number of carbonyl (C=O) groups excluding carboxylic acids is 1. The summed E-state index contributed by atoms with van der Waals surface area (Å²) >= 11 is 0. The van der Waals surface area contributed by atoms with Gasteiger partial charge >= 0.3 is 0 Å². The molecule has 2 rings (SSSR count). The molecule has 22 heavy (non-hydrogen) atoms. The van der Waals surface area contributed by atoms with Crippen LogP contribution in [0.15, 0.2) is 74.0 Å². The van der Waals surface area contributed by atoms with Gasteiger partial charge in [-0.15, -0.1) is 13.2 Å². The first-order chi connectivity index (χ1) is 10.8. The van der Waals surface area contributed by atoms with E-state index in [2.05, 4.69) is 18.1 Å². The quantitative estimate of drug-likeness (QED) is 0.392. The van der Waals surface area contributed by atoms with Crippen LogP contribution in [0.5, 0.6) is 0 Å². The third kappa shape index (κ3) is 3.79. The minimum absolute atomic E-state index is 0.0354. The summed E-state index contributed by atoms with van der Waals surface area (Å²) in [6, 6.07) is 13.1. The SMILES string of the molecule is C=CCCCC(C=C)c1ccccc1C(=O)c1ccccn1. The van der Waals surface area contributed by atoms with Crippen LogP contribution in [0.4, 0.5) is 0 Å². The van der Waals surface area contributed by atoms with E-state index in [0.717, 1.165) is 24.8 Å². The van der Waals surface area contributed by atoms with Crippen LogP contribution in [0.1, 0.15) is 46.8 Å². The molecule has 2 heteroatoms. The smallest absolute Gasteiger partial charge is 0.211 e. The van der Waals surface area contributed by atoms with Crippen molar-refractivity contribution in [1.29, 1.82) is 0 Å². The van der Waals surface area contributed by atoms with Gasteiger partial charge in [0.2, 0.25) is 5.78 Å². The number of nitrogens with zero attached hydrogens (tertiary/aromatic N) is 1. The fraction of sp³-hybridized carbons (Fsp3) is 0.200. The molecule has 1 aromatic heterocycles. The zero-order chi connectivity index (χ0) is 15.8. The first-order valence-electron chi connectivity index (χ1n) is 7.56. The zero-order valence-electron chi connectivity index (χ0n) is 12.7. The third-order valence-electron chi connectivity index (χ3n) is 3.71. The van der Waals surface area contributed by atoms with E-state index in [1.54, 1.807) is 12.3 Å². The molecule has 0 radical (unpaired) electrons. The van der Waals surface area contributed by atoms with E-state index in [1.807, 2.05) is 48.6 Å². The average molecular weight is 291 g/mol. The Labute approximate surface area is 132 Å². The monoisotopic (exact) mass is 291 g/mol. The van der Waals surface area contributed by atoms with Gasteiger partial charge in [0.25, 0.3) is 0 Å². The molecule has 112 valence electrons. The second-order valence-corrected chi connectivity index (χ2v) is 5.19. The molecule has 0 saturated carbocycles. The van der Waals surface area contributed by atoms with Crippen molar-refractivity contribution in [2.45, 2.75) is 25.2 Å². The van der Waals surface area contributed by atoms with E-state index >= 15 is 0 Å². The summed E-state index contributed by atoms with van der Waals surface area (Å²) in [5.74, 6) is 0.135. The molecule has 1 unspecified atom stereocenters. The Bertz CT molecular complexity index is 646. The van der Waals surface area contributed by atoms with E-state index in [-0.39, 0.29) is 11.7 Å². The van der Waals surface area contributed by atoms with Crippen LogP contribution in [0.3, 0.4) is 0 Å². The number of hydrogen-bond acceptors (Lipinski definition) is 2. The molecule has 0 spiro atoms. The number of pyridine rings is 1. The fourth-order valence-corrected chi connectivity index (χ4v) is 2.54. The lowest BCUT2D eigenvalue weighted by atomic mass is 9.88. The molecule has 0 bridgehead atoms. The molecular formula is C20H21NO. The van der Waals surface area contributed by atoms with Crippen LogP contribution in [0, 0.1) is 0 Å². The largest absolute Gasteiger partial charge is 0.287 e. The Morgan fingerprint density at radius 1 is 1.14 bits per heavy atom. The molecule has 0 aliphatic rings. The topological polar surface area (TPSA) is 30.0 Å². The number of rotatable bonds is 8. The van der Waals surface area contributed by atoms with Gasteiger partial charge < -0.3 is 0 Å². The molecule has 0 aliphatic heterocycles. The Morgan fingerprint density at radius 3 is 2.59 bits per heavy atom. The molecule has 1 aromatic carbocycles. The Balaban J connectivity index is 2.31. The summed E-state index contributed by atoms with van der Waals surface area (Å²) in [4.78, 5) is 16.9. The highest BCUT2D eigenvalue weighted by atomic mass is 16.1. The third-order valence-corrected chi connectivity index (χ3v) is 3.71. The molecule has 2 aromatic rings. The van der Waals surface area contributed by atoms with E-state index in [1.165, 1.54) is 0 Å². The lowest BCUT2D eigenvalue weighted by Gasteiger charge is -2.16. The van der Waals surface area contributed by atoms with Gasteiger partial charge in [-0.25, -0.2) is 0 Å². The summed E-state index contributed by atoms with van der Waals surface area (Å²) in [6.45, 7) is 7.69. The van der Waals surface area contributed by atoms with Crippen LogP contribution >= 0.6 is 0 Å². The minimum atomic E-state index is -0.0354. The summed E-state index contributed by atoms with van der Waals surface area (Å²) < 4.78 is 0. The summed E-state index contributed by atoms with van der Waals surface area (Å²) in [6.07, 6.45) is 8.46. The second kappa shape index (κ2) is 8.08. The minimum Gasteiger partial charge on any atom is -0.287 e. The van der Waals surface area contributed by atoms with Crippen molar-refractivity contribution in [3.05, 3.63) is 90.8 Å². The summed E-state index contributed by atoms with van der Waals surface area (Å²) in [5, 5.41) is 0. The van der Waals surface area contributed by atoms with Crippen LogP contribution in [-0.2, 0) is 0 Å². The Kier molecular flexibility index (Phi) is 5.84. The standard InChI is InChI=1S/C20H21NO/c1-3-5-6-11-16(4-2)17-12-7-8-13-18(17)20(22)19-14-9-10-15-21-19/h3-4,7-10,12-16H,1-2,5-6,11H2. The molecule has 0 saturated heterocycles. The predicted octanol–water partition coefficient (Wildman–Crippen LogP) is 4.94.